The van der Waals surface area contributed by atoms with Crippen LogP contribution < -0.4 is 5.32 Å². The number of fused-ring (bicyclic) bond motifs is 1. The van der Waals surface area contributed by atoms with Crippen molar-refractivity contribution in [3.63, 3.8) is 0 Å². The molecule has 5 heteroatoms. The van der Waals surface area contributed by atoms with Crippen LogP contribution in [0.15, 0.2) is 41.6 Å². The van der Waals surface area contributed by atoms with E-state index in [0.29, 0.717) is 15.8 Å². The number of aryl methyl sites for hydroxylation is 2. The first kappa shape index (κ1) is 17.3. The van der Waals surface area contributed by atoms with Crippen LogP contribution in [0.2, 0.25) is 5.02 Å². The van der Waals surface area contributed by atoms with Gasteiger partial charge in [-0.2, -0.15) is 0 Å². The Bertz CT molecular complexity index is 735. The van der Waals surface area contributed by atoms with Crippen molar-refractivity contribution in [2.45, 2.75) is 43.7 Å². The molecule has 0 saturated heterocycles. The number of hydrogen-bond acceptors (Lipinski definition) is 3. The van der Waals surface area contributed by atoms with Gasteiger partial charge in [-0.25, -0.2) is 4.98 Å². The minimum Gasteiger partial charge on any atom is -0.349 e. The molecule has 2 aromatic rings. The highest BCUT2D eigenvalue weighted by molar-refractivity contribution is 8.00. The van der Waals surface area contributed by atoms with Gasteiger partial charge >= 0.3 is 0 Å². The normalized spacial score (nSPS) is 14.8. The Balaban J connectivity index is 1.57. The van der Waals surface area contributed by atoms with Crippen molar-refractivity contribution < 1.29 is 4.79 Å². The zero-order valence-corrected chi connectivity index (χ0v) is 15.3. The summed E-state index contributed by atoms with van der Waals surface area (Å²) in [4.78, 5) is 16.4. The third-order valence-electron chi connectivity index (χ3n) is 4.31. The molecule has 24 heavy (non-hydrogen) atoms. The Morgan fingerprint density at radius 1 is 1.29 bits per heavy atom. The van der Waals surface area contributed by atoms with E-state index >= 15 is 0 Å². The Labute approximate surface area is 152 Å². The Morgan fingerprint density at radius 3 is 2.88 bits per heavy atom. The number of thioether (sulfide) groups is 1. The lowest BCUT2D eigenvalue weighted by Crippen LogP contribution is -2.28. The number of amides is 1. The smallest absolute Gasteiger partial charge is 0.230 e. The van der Waals surface area contributed by atoms with Crippen LogP contribution in [0.4, 0.5) is 0 Å². The Kier molecular flexibility index (Phi) is 5.80. The third kappa shape index (κ3) is 4.31. The highest BCUT2D eigenvalue weighted by Crippen LogP contribution is 2.26. The molecule has 3 rings (SSSR count). The molecule has 1 unspecified atom stereocenters. The van der Waals surface area contributed by atoms with E-state index in [1.165, 1.54) is 47.7 Å². The predicted molar refractivity (Wildman–Crippen MR) is 99.6 cm³/mol. The van der Waals surface area contributed by atoms with Crippen LogP contribution in [0, 0.1) is 0 Å². The van der Waals surface area contributed by atoms with E-state index < -0.39 is 0 Å². The number of carbonyl (C=O) groups is 1. The third-order valence-corrected chi connectivity index (χ3v) is 5.74. The maximum absolute atomic E-state index is 12.2. The monoisotopic (exact) mass is 360 g/mol. The summed E-state index contributed by atoms with van der Waals surface area (Å²) in [6.07, 6.45) is 6.56. The largest absolute Gasteiger partial charge is 0.349 e. The molecule has 0 fully saturated rings. The highest BCUT2D eigenvalue weighted by Gasteiger charge is 2.14. The maximum atomic E-state index is 12.2. The van der Waals surface area contributed by atoms with E-state index in [1.54, 1.807) is 18.3 Å². The molecule has 3 nitrogen and oxygen atoms in total. The summed E-state index contributed by atoms with van der Waals surface area (Å²) in [6, 6.07) is 10.2. The summed E-state index contributed by atoms with van der Waals surface area (Å²) in [6.45, 7) is 2.03. The number of aromatic nitrogens is 1. The first-order chi connectivity index (χ1) is 11.6. The van der Waals surface area contributed by atoms with Gasteiger partial charge in [0.2, 0.25) is 5.91 Å². The molecule has 0 bridgehead atoms. The summed E-state index contributed by atoms with van der Waals surface area (Å²) in [5, 5.41) is 4.33. The van der Waals surface area contributed by atoms with Crippen LogP contribution in [0.5, 0.6) is 0 Å². The molecule has 1 aliphatic rings. The minimum absolute atomic E-state index is 0.00420. The molecular formula is C19H21ClN2OS. The van der Waals surface area contributed by atoms with Gasteiger partial charge < -0.3 is 5.32 Å². The topological polar surface area (TPSA) is 42.0 Å². The Hall–Kier alpha value is -1.52. The predicted octanol–water partition coefficient (Wildman–Crippen LogP) is 4.58. The molecule has 0 aliphatic heterocycles. The van der Waals surface area contributed by atoms with Gasteiger partial charge in [0.25, 0.3) is 0 Å². The molecule has 0 spiro atoms. The van der Waals surface area contributed by atoms with E-state index in [1.807, 2.05) is 6.92 Å². The van der Waals surface area contributed by atoms with Crippen LogP contribution in [-0.2, 0) is 17.6 Å². The van der Waals surface area contributed by atoms with E-state index in [0.717, 1.165) is 6.42 Å². The lowest BCUT2D eigenvalue weighted by Gasteiger charge is -2.20. The summed E-state index contributed by atoms with van der Waals surface area (Å²) in [5.74, 6) is 0.304. The van der Waals surface area contributed by atoms with Gasteiger partial charge in [0.1, 0.15) is 5.03 Å². The zero-order valence-electron chi connectivity index (χ0n) is 13.7. The first-order valence-corrected chi connectivity index (χ1v) is 9.64. The number of benzene rings is 1. The number of halogens is 1. The number of nitrogens with zero attached hydrogens (tertiary/aromatic N) is 1. The zero-order chi connectivity index (χ0) is 16.9. The van der Waals surface area contributed by atoms with Gasteiger partial charge in [0.05, 0.1) is 16.8 Å². The standard InChI is InChI=1S/C19H21ClN2OS/c1-13(15-9-8-14-5-2-3-6-16(14)11-15)22-18(23)12-24-19-17(20)7-4-10-21-19/h4,7-11,13H,2-3,5-6,12H2,1H3,(H,22,23). The van der Waals surface area contributed by atoms with Gasteiger partial charge in [0, 0.05) is 6.20 Å². The second kappa shape index (κ2) is 8.04. The average Bonchev–Trinajstić information content (AvgIpc) is 2.60. The van der Waals surface area contributed by atoms with Gasteiger partial charge in [-0.3, -0.25) is 4.79 Å². The van der Waals surface area contributed by atoms with Gasteiger partial charge in [-0.1, -0.05) is 41.6 Å². The number of rotatable bonds is 5. The van der Waals surface area contributed by atoms with Gasteiger partial charge in [-0.15, -0.1) is 0 Å². The van der Waals surface area contributed by atoms with Crippen molar-refractivity contribution in [1.29, 1.82) is 0 Å². The summed E-state index contributed by atoms with van der Waals surface area (Å²) in [5.41, 5.74) is 4.07. The first-order valence-electron chi connectivity index (χ1n) is 8.28. The molecule has 1 aromatic carbocycles. The van der Waals surface area contributed by atoms with Crippen LogP contribution in [-0.4, -0.2) is 16.6 Å². The van der Waals surface area contributed by atoms with Crippen LogP contribution in [0.25, 0.3) is 0 Å². The van der Waals surface area contributed by atoms with Crippen molar-refractivity contribution in [1.82, 2.24) is 10.3 Å². The van der Waals surface area contributed by atoms with Crippen molar-refractivity contribution in [2.75, 3.05) is 5.75 Å². The van der Waals surface area contributed by atoms with Crippen LogP contribution in [0.1, 0.15) is 42.5 Å². The summed E-state index contributed by atoms with van der Waals surface area (Å²) >= 11 is 7.42. The Morgan fingerprint density at radius 2 is 2.08 bits per heavy atom. The molecule has 1 atom stereocenters. The summed E-state index contributed by atoms with van der Waals surface area (Å²) < 4.78 is 0. The van der Waals surface area contributed by atoms with Crippen molar-refractivity contribution in [3.8, 4) is 0 Å². The molecule has 1 heterocycles. The van der Waals surface area contributed by atoms with Crippen LogP contribution >= 0.6 is 23.4 Å². The fraction of sp³-hybridized carbons (Fsp3) is 0.368. The van der Waals surface area contributed by atoms with E-state index in [4.69, 9.17) is 11.6 Å². The lowest BCUT2D eigenvalue weighted by molar-refractivity contribution is -0.119. The number of nitrogens with one attached hydrogen (secondary N) is 1. The molecule has 0 saturated carbocycles. The van der Waals surface area contributed by atoms with Crippen LogP contribution in [0.3, 0.4) is 0 Å². The van der Waals surface area contributed by atoms with Crippen molar-refractivity contribution >= 4 is 29.3 Å². The fourth-order valence-electron chi connectivity index (χ4n) is 3.00. The van der Waals surface area contributed by atoms with Crippen molar-refractivity contribution in [3.05, 3.63) is 58.2 Å². The minimum atomic E-state index is -0.00746. The quantitative estimate of drug-likeness (QED) is 0.793. The molecule has 1 amide bonds. The second-order valence-corrected chi connectivity index (χ2v) is 7.47. The molecule has 0 radical (unpaired) electrons. The number of pyridine rings is 1. The van der Waals surface area contributed by atoms with Gasteiger partial charge in [-0.05, 0) is 61.4 Å². The van der Waals surface area contributed by atoms with E-state index in [9.17, 15) is 4.79 Å². The molecule has 1 aliphatic carbocycles. The average molecular weight is 361 g/mol. The molecule has 1 aromatic heterocycles. The second-order valence-electron chi connectivity index (χ2n) is 6.10. The fourth-order valence-corrected chi connectivity index (χ4v) is 3.98. The van der Waals surface area contributed by atoms with E-state index in [-0.39, 0.29) is 11.9 Å². The highest BCUT2D eigenvalue weighted by atomic mass is 35.5. The summed E-state index contributed by atoms with van der Waals surface area (Å²) in [7, 11) is 0. The SMILES string of the molecule is CC(NC(=O)CSc1ncccc1Cl)c1ccc2c(c1)CCCC2. The molecular weight excluding hydrogens is 340 g/mol. The lowest BCUT2D eigenvalue weighted by atomic mass is 9.89. The maximum Gasteiger partial charge on any atom is 0.230 e. The molecule has 126 valence electrons. The number of hydrogen-bond donors (Lipinski definition) is 1. The van der Waals surface area contributed by atoms with Crippen molar-refractivity contribution in [2.24, 2.45) is 0 Å². The van der Waals surface area contributed by atoms with E-state index in [2.05, 4.69) is 28.5 Å². The number of carbonyl (C=O) groups excluding carboxylic acids is 1. The molecule has 1 N–H and O–H groups in total. The van der Waals surface area contributed by atoms with Gasteiger partial charge in [0.15, 0.2) is 0 Å².